The van der Waals surface area contributed by atoms with E-state index in [0.717, 1.165) is 74.0 Å². The van der Waals surface area contributed by atoms with E-state index >= 15 is 0 Å². The van der Waals surface area contributed by atoms with E-state index in [2.05, 4.69) is 47.3 Å². The summed E-state index contributed by atoms with van der Waals surface area (Å²) in [5.74, 6) is 4.90. The third-order valence-electron chi connectivity index (χ3n) is 13.4. The fourth-order valence-electron chi connectivity index (χ4n) is 10.7. The van der Waals surface area contributed by atoms with Crippen LogP contribution in [0.15, 0.2) is 23.8 Å². The third-order valence-corrected chi connectivity index (χ3v) is 13.4. The van der Waals surface area contributed by atoms with Gasteiger partial charge in [0.2, 0.25) is 0 Å². The Morgan fingerprint density at radius 2 is 1.57 bits per heavy atom. The molecule has 4 heteroatoms. The number of esters is 2. The second-order valence-corrected chi connectivity index (χ2v) is 17.1. The van der Waals surface area contributed by atoms with Crippen molar-refractivity contribution in [3.63, 3.8) is 0 Å². The van der Waals surface area contributed by atoms with Crippen molar-refractivity contribution < 1.29 is 19.1 Å². The zero-order valence-corrected chi connectivity index (χ0v) is 30.8. The van der Waals surface area contributed by atoms with Crippen LogP contribution in [0.1, 0.15) is 170 Å². The molecule has 0 bridgehead atoms. The van der Waals surface area contributed by atoms with Crippen molar-refractivity contribution >= 4 is 11.9 Å². The number of fused-ring (bicyclic) bond motifs is 5. The molecule has 4 nitrogen and oxygen atoms in total. The van der Waals surface area contributed by atoms with Crippen LogP contribution in [0.5, 0.6) is 0 Å². The fourth-order valence-corrected chi connectivity index (χ4v) is 10.7. The summed E-state index contributed by atoms with van der Waals surface area (Å²) in [5.41, 5.74) is 2.93. The fraction of sp³-hybridized carbons (Fsp3) is 0.857. The first kappa shape index (κ1) is 37.2. The lowest BCUT2D eigenvalue weighted by atomic mass is 9.47. The van der Waals surface area contributed by atoms with Gasteiger partial charge in [0.15, 0.2) is 0 Å². The zero-order valence-electron chi connectivity index (χ0n) is 30.8. The molecule has 0 radical (unpaired) electrons. The lowest BCUT2D eigenvalue weighted by molar-refractivity contribution is -0.151. The van der Waals surface area contributed by atoms with Crippen LogP contribution < -0.4 is 0 Å². The molecule has 3 saturated carbocycles. The van der Waals surface area contributed by atoms with E-state index < -0.39 is 0 Å². The molecule has 0 aromatic rings. The van der Waals surface area contributed by atoms with Crippen LogP contribution in [0.3, 0.4) is 0 Å². The normalized spacial score (nSPS) is 32.6. The molecule has 4 aliphatic carbocycles. The van der Waals surface area contributed by atoms with Crippen molar-refractivity contribution in [3.8, 4) is 0 Å². The van der Waals surface area contributed by atoms with E-state index in [0.29, 0.717) is 29.4 Å². The average Bonchev–Trinajstić information content (AvgIpc) is 3.37. The number of hydrogen-bond acceptors (Lipinski definition) is 4. The van der Waals surface area contributed by atoms with Crippen LogP contribution in [-0.2, 0) is 19.1 Å². The average molecular weight is 639 g/mol. The molecule has 0 aliphatic heterocycles. The molecule has 0 amide bonds. The first-order valence-electron chi connectivity index (χ1n) is 19.7. The van der Waals surface area contributed by atoms with Gasteiger partial charge in [-0.2, -0.15) is 0 Å². The number of carbonyl (C=O) groups is 2. The van der Waals surface area contributed by atoms with E-state index in [9.17, 15) is 9.59 Å². The SMILES string of the molecule is C=C(C)C(=O)OCCCCCCCCCCC(=O)OC1CC[C@@]2(C)C(=CC[C@H]3[C@@H]4CC[C@H]([C@H](C)CCCC(C)C)[C@@]4(C)CC[C@@H]32)C1. The molecular weight excluding hydrogens is 568 g/mol. The first-order valence-corrected chi connectivity index (χ1v) is 19.7. The van der Waals surface area contributed by atoms with Crippen molar-refractivity contribution in [2.45, 2.75) is 176 Å². The maximum Gasteiger partial charge on any atom is 0.333 e. The molecule has 0 aromatic heterocycles. The highest BCUT2D eigenvalue weighted by molar-refractivity contribution is 5.86. The van der Waals surface area contributed by atoms with Crippen LogP contribution in [0.4, 0.5) is 0 Å². The lowest BCUT2D eigenvalue weighted by Crippen LogP contribution is -2.51. The molecular formula is C42H70O4. The maximum atomic E-state index is 12.8. The number of hydrogen-bond donors (Lipinski definition) is 0. The molecule has 0 heterocycles. The molecule has 0 saturated heterocycles. The van der Waals surface area contributed by atoms with E-state index in [1.165, 1.54) is 83.5 Å². The second kappa shape index (κ2) is 17.2. The van der Waals surface area contributed by atoms with Gasteiger partial charge < -0.3 is 9.47 Å². The van der Waals surface area contributed by atoms with Gasteiger partial charge in [0.1, 0.15) is 6.10 Å². The Kier molecular flexibility index (Phi) is 13.9. The maximum absolute atomic E-state index is 12.8. The van der Waals surface area contributed by atoms with Gasteiger partial charge in [0, 0.05) is 18.4 Å². The lowest BCUT2D eigenvalue weighted by Gasteiger charge is -2.58. The molecule has 0 N–H and O–H groups in total. The topological polar surface area (TPSA) is 52.6 Å². The van der Waals surface area contributed by atoms with E-state index in [4.69, 9.17) is 9.47 Å². The van der Waals surface area contributed by atoms with E-state index in [-0.39, 0.29) is 18.0 Å². The van der Waals surface area contributed by atoms with Gasteiger partial charge in [0.05, 0.1) is 6.61 Å². The zero-order chi connectivity index (χ0) is 33.3. The second-order valence-electron chi connectivity index (χ2n) is 17.1. The van der Waals surface area contributed by atoms with Crippen molar-refractivity contribution in [3.05, 3.63) is 23.8 Å². The van der Waals surface area contributed by atoms with Gasteiger partial charge >= 0.3 is 11.9 Å². The van der Waals surface area contributed by atoms with E-state index in [1.54, 1.807) is 12.5 Å². The smallest absolute Gasteiger partial charge is 0.333 e. The molecule has 262 valence electrons. The van der Waals surface area contributed by atoms with Crippen molar-refractivity contribution in [2.24, 2.45) is 46.3 Å². The Balaban J connectivity index is 1.14. The largest absolute Gasteiger partial charge is 0.462 e. The highest BCUT2D eigenvalue weighted by Gasteiger charge is 2.59. The monoisotopic (exact) mass is 639 g/mol. The Hall–Kier alpha value is -1.58. The summed E-state index contributed by atoms with van der Waals surface area (Å²) in [4.78, 5) is 24.2. The number of carbonyl (C=O) groups excluding carboxylic acids is 2. The molecule has 1 unspecified atom stereocenters. The van der Waals surface area contributed by atoms with E-state index in [1.807, 2.05) is 0 Å². The quantitative estimate of drug-likeness (QED) is 0.0649. The van der Waals surface area contributed by atoms with Gasteiger partial charge in [-0.1, -0.05) is 111 Å². The molecule has 8 atom stereocenters. The van der Waals surface area contributed by atoms with Gasteiger partial charge in [-0.25, -0.2) is 4.79 Å². The predicted octanol–water partition coefficient (Wildman–Crippen LogP) is 11.6. The summed E-state index contributed by atoms with van der Waals surface area (Å²) in [6.45, 7) is 18.4. The minimum atomic E-state index is -0.286. The Morgan fingerprint density at radius 1 is 0.870 bits per heavy atom. The highest BCUT2D eigenvalue weighted by atomic mass is 16.5. The molecule has 0 spiro atoms. The van der Waals surface area contributed by atoms with Crippen molar-refractivity contribution in [1.82, 2.24) is 0 Å². The van der Waals surface area contributed by atoms with Crippen molar-refractivity contribution in [1.29, 1.82) is 0 Å². The van der Waals surface area contributed by atoms with Crippen LogP contribution in [0, 0.1) is 46.3 Å². The number of allylic oxidation sites excluding steroid dienone is 1. The Morgan fingerprint density at radius 3 is 2.26 bits per heavy atom. The first-order chi connectivity index (χ1) is 22.0. The summed E-state index contributed by atoms with van der Waals surface area (Å²) in [7, 11) is 0. The van der Waals surface area contributed by atoms with Crippen LogP contribution in [0.25, 0.3) is 0 Å². The number of rotatable bonds is 18. The highest BCUT2D eigenvalue weighted by Crippen LogP contribution is 2.67. The molecule has 0 aromatic carbocycles. The minimum absolute atomic E-state index is 0.0140. The molecule has 4 rings (SSSR count). The van der Waals surface area contributed by atoms with Crippen molar-refractivity contribution in [2.75, 3.05) is 6.61 Å². The molecule has 46 heavy (non-hydrogen) atoms. The van der Waals surface area contributed by atoms with Gasteiger partial charge in [-0.3, -0.25) is 4.79 Å². The van der Waals surface area contributed by atoms with Gasteiger partial charge in [-0.05, 0) is 111 Å². The number of unbranched alkanes of at least 4 members (excludes halogenated alkanes) is 7. The summed E-state index contributed by atoms with van der Waals surface area (Å²) < 4.78 is 11.2. The van der Waals surface area contributed by atoms with Crippen LogP contribution in [0.2, 0.25) is 0 Å². The third kappa shape index (κ3) is 9.31. The standard InChI is InChI=1S/C42H70O4/c1-30(2)17-16-18-32(5)36-22-23-37-35-21-20-33-29-34(24-26-41(33,6)38(35)25-27-42(36,37)7)46-39(43)19-14-12-10-8-9-11-13-15-28-45-40(44)31(3)4/h20,30,32,34-38H,3,8-19,21-29H2,1-2,4-7H3/t32-,34?,35+,36-,37+,38+,41+,42-/m1/s1. The molecule has 4 aliphatic rings. The van der Waals surface area contributed by atoms with Gasteiger partial charge in [-0.15, -0.1) is 0 Å². The van der Waals surface area contributed by atoms with Gasteiger partial charge in [0.25, 0.3) is 0 Å². The summed E-state index contributed by atoms with van der Waals surface area (Å²) >= 11 is 0. The predicted molar refractivity (Wildman–Crippen MR) is 190 cm³/mol. The summed E-state index contributed by atoms with van der Waals surface area (Å²) in [6.07, 6.45) is 26.4. The number of ether oxygens (including phenoxy) is 2. The Labute approximate surface area is 283 Å². The van der Waals surface area contributed by atoms with Crippen LogP contribution >= 0.6 is 0 Å². The Bertz CT molecular complexity index is 1040. The minimum Gasteiger partial charge on any atom is -0.462 e. The van der Waals surface area contributed by atoms with Crippen LogP contribution in [-0.4, -0.2) is 24.6 Å². The molecule has 3 fully saturated rings. The summed E-state index contributed by atoms with van der Waals surface area (Å²) in [6, 6.07) is 0. The summed E-state index contributed by atoms with van der Waals surface area (Å²) in [5, 5.41) is 0.